The summed E-state index contributed by atoms with van der Waals surface area (Å²) in [5, 5.41) is 0. The molecule has 0 bridgehead atoms. The zero-order valence-electron chi connectivity index (χ0n) is 10.6. The zero-order valence-corrected chi connectivity index (χ0v) is 13.8. The van der Waals surface area contributed by atoms with Crippen LogP contribution in [0.1, 0.15) is 49.4 Å². The Kier molecular flexibility index (Phi) is 5.02. The normalized spacial score (nSPS) is 23.9. The van der Waals surface area contributed by atoms with Crippen molar-refractivity contribution in [1.29, 1.82) is 0 Å². The summed E-state index contributed by atoms with van der Waals surface area (Å²) in [6.07, 6.45) is 5.80. The molecule has 1 aliphatic rings. The highest BCUT2D eigenvalue weighted by Crippen LogP contribution is 2.34. The number of Topliss-reactive ketones (excluding diaryl/α,β-unsaturated/α-hetero) is 1. The molecule has 1 nitrogen and oxygen atoms in total. The Balaban J connectivity index is 2.17. The Morgan fingerprint density at radius 2 is 2.11 bits per heavy atom. The molecule has 2 rings (SSSR count). The van der Waals surface area contributed by atoms with Gasteiger partial charge in [-0.2, -0.15) is 0 Å². The lowest BCUT2D eigenvalue weighted by molar-refractivity contribution is 0.0861. The van der Waals surface area contributed by atoms with Crippen LogP contribution in [0.2, 0.25) is 0 Å². The second-order valence-corrected chi connectivity index (χ2v) is 6.90. The third kappa shape index (κ3) is 3.24. The van der Waals surface area contributed by atoms with Crippen molar-refractivity contribution in [2.45, 2.75) is 39.0 Å². The molecule has 98 valence electrons. The predicted molar refractivity (Wildman–Crippen MR) is 81.9 cm³/mol. The van der Waals surface area contributed by atoms with Gasteiger partial charge in [-0.1, -0.05) is 58.0 Å². The molecule has 0 amide bonds. The first-order chi connectivity index (χ1) is 8.61. The number of hydrogen-bond acceptors (Lipinski definition) is 1. The van der Waals surface area contributed by atoms with E-state index in [1.807, 2.05) is 18.2 Å². The number of ketones is 1. The summed E-state index contributed by atoms with van der Waals surface area (Å²) < 4.78 is 1.88. The second kappa shape index (κ2) is 6.33. The van der Waals surface area contributed by atoms with E-state index in [4.69, 9.17) is 0 Å². The van der Waals surface area contributed by atoms with E-state index in [0.717, 1.165) is 33.3 Å². The Morgan fingerprint density at radius 1 is 1.33 bits per heavy atom. The van der Waals surface area contributed by atoms with Crippen molar-refractivity contribution in [2.24, 2.45) is 11.8 Å². The maximum atomic E-state index is 12.6. The summed E-state index contributed by atoms with van der Waals surface area (Å²) in [4.78, 5) is 12.6. The minimum atomic E-state index is 0.217. The number of carbonyl (C=O) groups excluding carboxylic acids is 1. The molecule has 2 unspecified atom stereocenters. The smallest absolute Gasteiger partial charge is 0.167 e. The standard InChI is InChI=1S/C15H18Br2O/c1-2-10-4-3-5-11(8-10)15(18)13-9-12(16)6-7-14(13)17/h6-7,9-11H,2-5,8H2,1H3. The maximum absolute atomic E-state index is 12.6. The summed E-state index contributed by atoms with van der Waals surface area (Å²) in [5.41, 5.74) is 0.825. The average molecular weight is 374 g/mol. The van der Waals surface area contributed by atoms with E-state index in [9.17, 15) is 4.79 Å². The van der Waals surface area contributed by atoms with Crippen molar-refractivity contribution in [3.8, 4) is 0 Å². The molecule has 18 heavy (non-hydrogen) atoms. The van der Waals surface area contributed by atoms with Crippen LogP contribution < -0.4 is 0 Å². The highest BCUT2D eigenvalue weighted by Gasteiger charge is 2.28. The fourth-order valence-electron chi connectivity index (χ4n) is 2.81. The Bertz CT molecular complexity index is 442. The van der Waals surface area contributed by atoms with Gasteiger partial charge in [0.15, 0.2) is 5.78 Å². The molecule has 1 aromatic carbocycles. The van der Waals surface area contributed by atoms with Gasteiger partial charge in [0.25, 0.3) is 0 Å². The molecule has 0 spiro atoms. The highest BCUT2D eigenvalue weighted by molar-refractivity contribution is 9.11. The van der Waals surface area contributed by atoms with E-state index in [2.05, 4.69) is 38.8 Å². The number of carbonyl (C=O) groups is 1. The van der Waals surface area contributed by atoms with Crippen molar-refractivity contribution in [3.05, 3.63) is 32.7 Å². The van der Waals surface area contributed by atoms with Crippen molar-refractivity contribution < 1.29 is 4.79 Å². The third-order valence-corrected chi connectivity index (χ3v) is 5.11. The van der Waals surface area contributed by atoms with Gasteiger partial charge in [-0.25, -0.2) is 0 Å². The third-order valence-electron chi connectivity index (χ3n) is 3.92. The molecule has 0 aromatic heterocycles. The van der Waals surface area contributed by atoms with Gasteiger partial charge >= 0.3 is 0 Å². The van der Waals surface area contributed by atoms with E-state index in [1.54, 1.807) is 0 Å². The van der Waals surface area contributed by atoms with Crippen LogP contribution in [0.15, 0.2) is 27.1 Å². The van der Waals surface area contributed by atoms with Gasteiger partial charge in [-0.3, -0.25) is 4.79 Å². The molecule has 2 atom stereocenters. The number of hydrogen-bond donors (Lipinski definition) is 0. The van der Waals surface area contributed by atoms with Crippen LogP contribution in [0, 0.1) is 11.8 Å². The molecule has 1 saturated carbocycles. The van der Waals surface area contributed by atoms with Gasteiger partial charge in [-0.05, 0) is 37.0 Å². The van der Waals surface area contributed by atoms with Gasteiger partial charge < -0.3 is 0 Å². The topological polar surface area (TPSA) is 17.1 Å². The van der Waals surface area contributed by atoms with Crippen LogP contribution in [-0.2, 0) is 0 Å². The summed E-state index contributed by atoms with van der Waals surface area (Å²) in [5.74, 6) is 1.26. The lowest BCUT2D eigenvalue weighted by Crippen LogP contribution is -2.23. The van der Waals surface area contributed by atoms with Gasteiger partial charge in [0.2, 0.25) is 0 Å². The first kappa shape index (κ1) is 14.3. The monoisotopic (exact) mass is 372 g/mol. The van der Waals surface area contributed by atoms with Crippen LogP contribution >= 0.6 is 31.9 Å². The lowest BCUT2D eigenvalue weighted by atomic mass is 9.77. The van der Waals surface area contributed by atoms with Gasteiger partial charge in [0.05, 0.1) is 0 Å². The van der Waals surface area contributed by atoms with E-state index in [0.29, 0.717) is 5.78 Å². The largest absolute Gasteiger partial charge is 0.294 e. The molecule has 0 heterocycles. The van der Waals surface area contributed by atoms with Crippen LogP contribution in [0.3, 0.4) is 0 Å². The SMILES string of the molecule is CCC1CCCC(C(=O)c2cc(Br)ccc2Br)C1. The predicted octanol–water partition coefficient (Wildman–Crippen LogP) is 5.61. The van der Waals surface area contributed by atoms with Crippen LogP contribution in [0.5, 0.6) is 0 Å². The van der Waals surface area contributed by atoms with E-state index < -0.39 is 0 Å². The maximum Gasteiger partial charge on any atom is 0.167 e. The van der Waals surface area contributed by atoms with Crippen molar-refractivity contribution in [2.75, 3.05) is 0 Å². The molecular formula is C15H18Br2O. The Morgan fingerprint density at radius 3 is 2.83 bits per heavy atom. The van der Waals surface area contributed by atoms with Crippen molar-refractivity contribution >= 4 is 37.6 Å². The molecule has 3 heteroatoms. The minimum absolute atomic E-state index is 0.217. The molecule has 0 saturated heterocycles. The quantitative estimate of drug-likeness (QED) is 0.629. The van der Waals surface area contributed by atoms with Crippen molar-refractivity contribution in [1.82, 2.24) is 0 Å². The Hall–Kier alpha value is -0.150. The molecular weight excluding hydrogens is 356 g/mol. The fourth-order valence-corrected chi connectivity index (χ4v) is 3.61. The summed E-state index contributed by atoms with van der Waals surface area (Å²) in [7, 11) is 0. The summed E-state index contributed by atoms with van der Waals surface area (Å²) in [6.45, 7) is 2.23. The van der Waals surface area contributed by atoms with Crippen LogP contribution in [0.4, 0.5) is 0 Å². The fraction of sp³-hybridized carbons (Fsp3) is 0.533. The Labute approximate surface area is 126 Å². The molecule has 0 aliphatic heterocycles. The van der Waals surface area contributed by atoms with E-state index >= 15 is 0 Å². The van der Waals surface area contributed by atoms with Crippen LogP contribution in [0.25, 0.3) is 0 Å². The van der Waals surface area contributed by atoms with Crippen LogP contribution in [-0.4, -0.2) is 5.78 Å². The number of halogens is 2. The summed E-state index contributed by atoms with van der Waals surface area (Å²) >= 11 is 6.93. The van der Waals surface area contributed by atoms with E-state index in [1.165, 1.54) is 19.3 Å². The first-order valence-electron chi connectivity index (χ1n) is 6.61. The number of rotatable bonds is 3. The number of benzene rings is 1. The second-order valence-electron chi connectivity index (χ2n) is 5.13. The lowest BCUT2D eigenvalue weighted by Gasteiger charge is -2.27. The first-order valence-corrected chi connectivity index (χ1v) is 8.19. The average Bonchev–Trinajstić information content (AvgIpc) is 2.41. The molecule has 0 N–H and O–H groups in total. The van der Waals surface area contributed by atoms with Gasteiger partial charge in [-0.15, -0.1) is 0 Å². The minimum Gasteiger partial charge on any atom is -0.294 e. The highest BCUT2D eigenvalue weighted by atomic mass is 79.9. The zero-order chi connectivity index (χ0) is 13.1. The van der Waals surface area contributed by atoms with Crippen molar-refractivity contribution in [3.63, 3.8) is 0 Å². The van der Waals surface area contributed by atoms with E-state index in [-0.39, 0.29) is 5.92 Å². The summed E-state index contributed by atoms with van der Waals surface area (Å²) in [6, 6.07) is 5.83. The molecule has 1 fully saturated rings. The van der Waals surface area contributed by atoms with Gasteiger partial charge in [0, 0.05) is 20.4 Å². The molecule has 1 aromatic rings. The molecule has 1 aliphatic carbocycles. The van der Waals surface area contributed by atoms with Gasteiger partial charge in [0.1, 0.15) is 0 Å². The molecule has 0 radical (unpaired) electrons.